The van der Waals surface area contributed by atoms with Gasteiger partial charge in [0.2, 0.25) is 5.13 Å². The first kappa shape index (κ1) is 21.6. The van der Waals surface area contributed by atoms with Crippen LogP contribution >= 0.6 is 35.5 Å². The van der Waals surface area contributed by atoms with Crippen LogP contribution in [0.15, 0.2) is 4.99 Å². The van der Waals surface area contributed by atoms with Gasteiger partial charge >= 0.3 is 0 Å². The number of hydrogen-bond donors (Lipinski definition) is 1. The fourth-order valence-corrected chi connectivity index (χ4v) is 4.36. The Morgan fingerprint density at radius 2 is 2.00 bits per heavy atom. The number of likely N-dealkylation sites (tertiary alicyclic amines) is 1. The summed E-state index contributed by atoms with van der Waals surface area (Å²) >= 11 is 1.52. The quantitative estimate of drug-likeness (QED) is 0.383. The van der Waals surface area contributed by atoms with E-state index in [0.29, 0.717) is 0 Å². The van der Waals surface area contributed by atoms with Crippen molar-refractivity contribution in [3.63, 3.8) is 0 Å². The molecule has 2 aliphatic heterocycles. The Morgan fingerprint density at radius 1 is 1.23 bits per heavy atom. The third kappa shape index (κ3) is 5.41. The number of aromatic nitrogens is 2. The molecule has 1 aromatic heterocycles. The number of aliphatic imine (C=N–C) groups is 1. The van der Waals surface area contributed by atoms with Gasteiger partial charge in [-0.3, -0.25) is 4.99 Å². The smallest absolute Gasteiger partial charge is 0.205 e. The number of hydrogen-bond acceptors (Lipinski definition) is 6. The first-order chi connectivity index (χ1) is 12.2. The zero-order valence-corrected chi connectivity index (χ0v) is 19.3. The molecule has 3 heterocycles. The maximum atomic E-state index is 4.61. The van der Waals surface area contributed by atoms with Crippen LogP contribution < -0.4 is 10.2 Å². The number of nitrogens with zero attached hydrogens (tertiary/aromatic N) is 6. The molecule has 26 heavy (non-hydrogen) atoms. The summed E-state index contributed by atoms with van der Waals surface area (Å²) in [7, 11) is 1.89. The molecule has 9 heteroatoms. The molecule has 7 nitrogen and oxygen atoms in total. The highest BCUT2D eigenvalue weighted by atomic mass is 127. The lowest BCUT2D eigenvalue weighted by atomic mass is 10.1. The molecule has 0 bridgehead atoms. The summed E-state index contributed by atoms with van der Waals surface area (Å²) in [5.41, 5.74) is 0. The summed E-state index contributed by atoms with van der Waals surface area (Å²) in [5, 5.41) is 4.66. The Labute approximate surface area is 178 Å². The van der Waals surface area contributed by atoms with Gasteiger partial charge in [0.15, 0.2) is 5.96 Å². The van der Waals surface area contributed by atoms with Crippen LogP contribution in [0.3, 0.4) is 0 Å². The minimum Gasteiger partial charge on any atom is -0.356 e. The van der Waals surface area contributed by atoms with Gasteiger partial charge in [-0.25, -0.2) is 4.98 Å². The maximum Gasteiger partial charge on any atom is 0.205 e. The molecule has 0 saturated carbocycles. The first-order valence-electron chi connectivity index (χ1n) is 9.49. The van der Waals surface area contributed by atoms with E-state index in [1.807, 2.05) is 7.05 Å². The molecule has 0 amide bonds. The van der Waals surface area contributed by atoms with Gasteiger partial charge in [-0.05, 0) is 25.4 Å². The zero-order valence-electron chi connectivity index (χ0n) is 16.1. The highest BCUT2D eigenvalue weighted by Crippen LogP contribution is 2.19. The molecule has 1 atom stereocenters. The van der Waals surface area contributed by atoms with E-state index < -0.39 is 0 Å². The molecule has 1 N–H and O–H groups in total. The van der Waals surface area contributed by atoms with Crippen LogP contribution in [-0.2, 0) is 6.42 Å². The van der Waals surface area contributed by atoms with Gasteiger partial charge in [-0.1, -0.05) is 13.8 Å². The summed E-state index contributed by atoms with van der Waals surface area (Å²) in [5.74, 6) is 2.74. The van der Waals surface area contributed by atoms with Crippen LogP contribution in [0.2, 0.25) is 0 Å². The van der Waals surface area contributed by atoms with Crippen LogP contribution in [0, 0.1) is 5.92 Å². The summed E-state index contributed by atoms with van der Waals surface area (Å²) in [6.07, 6.45) is 2.20. The van der Waals surface area contributed by atoms with Crippen LogP contribution in [0.1, 0.15) is 26.1 Å². The Morgan fingerprint density at radius 3 is 2.58 bits per heavy atom. The van der Waals surface area contributed by atoms with Crippen molar-refractivity contribution >= 4 is 46.6 Å². The molecular weight excluding hydrogens is 461 g/mol. The van der Waals surface area contributed by atoms with E-state index in [2.05, 4.69) is 48.2 Å². The summed E-state index contributed by atoms with van der Waals surface area (Å²) in [6, 6.07) is 0. The number of halogens is 1. The van der Waals surface area contributed by atoms with Crippen molar-refractivity contribution in [2.45, 2.75) is 26.7 Å². The summed E-state index contributed by atoms with van der Waals surface area (Å²) < 4.78 is 4.40. The predicted octanol–water partition coefficient (Wildman–Crippen LogP) is 1.76. The first-order valence-corrected chi connectivity index (χ1v) is 10.3. The van der Waals surface area contributed by atoms with Gasteiger partial charge in [0.1, 0.15) is 5.82 Å². The van der Waals surface area contributed by atoms with Gasteiger partial charge in [-0.15, -0.1) is 24.0 Å². The summed E-state index contributed by atoms with van der Waals surface area (Å²) in [6.45, 7) is 12.9. The van der Waals surface area contributed by atoms with Crippen molar-refractivity contribution in [1.29, 1.82) is 0 Å². The molecule has 2 fully saturated rings. The average molecular weight is 493 g/mol. The number of anilines is 1. The number of aryl methyl sites for hydroxylation is 1. The molecule has 0 spiro atoms. The standard InChI is InChI=1S/C17H31N7S.HI/c1-4-15-20-17(25-21-15)24-10-8-23(9-11-24)16(18-3)19-12-14-6-7-22(5-2)13-14;/h14H,4-13H2,1-3H3,(H,18,19);1H. The van der Waals surface area contributed by atoms with Crippen molar-refractivity contribution in [3.05, 3.63) is 5.82 Å². The number of rotatable bonds is 5. The number of piperazine rings is 1. The van der Waals surface area contributed by atoms with Gasteiger partial charge in [0.05, 0.1) is 0 Å². The molecule has 2 saturated heterocycles. The Bertz CT molecular complexity index is 571. The van der Waals surface area contributed by atoms with E-state index in [0.717, 1.165) is 62.0 Å². The summed E-state index contributed by atoms with van der Waals surface area (Å²) in [4.78, 5) is 16.3. The third-order valence-corrected chi connectivity index (χ3v) is 6.02. The predicted molar refractivity (Wildman–Crippen MR) is 120 cm³/mol. The van der Waals surface area contributed by atoms with E-state index >= 15 is 0 Å². The van der Waals surface area contributed by atoms with Crippen molar-refractivity contribution < 1.29 is 0 Å². The topological polar surface area (TPSA) is 59.9 Å². The molecule has 0 aliphatic carbocycles. The molecule has 0 aromatic carbocycles. The molecular formula is C17H32IN7S. The Balaban J connectivity index is 0.00000243. The molecule has 2 aliphatic rings. The Kier molecular flexibility index (Phi) is 8.82. The molecule has 3 rings (SSSR count). The van der Waals surface area contributed by atoms with Gasteiger partial charge in [-0.2, -0.15) is 4.37 Å². The second-order valence-corrected chi connectivity index (χ2v) is 7.53. The highest BCUT2D eigenvalue weighted by molar-refractivity contribution is 14.0. The normalized spacial score (nSPS) is 21.8. The largest absolute Gasteiger partial charge is 0.356 e. The van der Waals surface area contributed by atoms with E-state index in [1.54, 1.807) is 0 Å². The van der Waals surface area contributed by atoms with Crippen LogP contribution in [0.5, 0.6) is 0 Å². The molecule has 148 valence electrons. The lowest BCUT2D eigenvalue weighted by Crippen LogP contribution is -2.53. The fourth-order valence-electron chi connectivity index (χ4n) is 3.56. The average Bonchev–Trinajstić information content (AvgIpc) is 3.32. The fraction of sp³-hybridized carbons (Fsp3) is 0.824. The zero-order chi connectivity index (χ0) is 17.6. The van der Waals surface area contributed by atoms with Gasteiger partial charge in [0.25, 0.3) is 0 Å². The van der Waals surface area contributed by atoms with Crippen LogP contribution in [-0.4, -0.2) is 84.5 Å². The molecule has 1 unspecified atom stereocenters. The monoisotopic (exact) mass is 493 g/mol. The van der Waals surface area contributed by atoms with E-state index in [-0.39, 0.29) is 24.0 Å². The van der Waals surface area contributed by atoms with Crippen molar-refractivity contribution in [3.8, 4) is 0 Å². The second-order valence-electron chi connectivity index (χ2n) is 6.80. The van der Waals surface area contributed by atoms with Gasteiger partial charge in [0, 0.05) is 64.3 Å². The van der Waals surface area contributed by atoms with E-state index in [9.17, 15) is 0 Å². The van der Waals surface area contributed by atoms with E-state index in [4.69, 9.17) is 0 Å². The van der Waals surface area contributed by atoms with Gasteiger partial charge < -0.3 is 20.0 Å². The van der Waals surface area contributed by atoms with Crippen molar-refractivity contribution in [1.82, 2.24) is 24.5 Å². The highest BCUT2D eigenvalue weighted by Gasteiger charge is 2.24. The maximum absolute atomic E-state index is 4.61. The number of nitrogens with one attached hydrogen (secondary N) is 1. The van der Waals surface area contributed by atoms with Crippen molar-refractivity contribution in [2.24, 2.45) is 10.9 Å². The molecule has 0 radical (unpaired) electrons. The number of guanidine groups is 1. The lowest BCUT2D eigenvalue weighted by molar-refractivity contribution is 0.337. The minimum absolute atomic E-state index is 0. The molecule has 1 aromatic rings. The third-order valence-electron chi connectivity index (χ3n) is 5.20. The van der Waals surface area contributed by atoms with Crippen molar-refractivity contribution in [2.75, 3.05) is 64.3 Å². The minimum atomic E-state index is 0. The Hall–Kier alpha value is -0.680. The SMILES string of the molecule is CCc1nsc(N2CCN(C(=NC)NCC3CCN(CC)C3)CC2)n1.I. The van der Waals surface area contributed by atoms with Crippen LogP contribution in [0.4, 0.5) is 5.13 Å². The lowest BCUT2D eigenvalue weighted by Gasteiger charge is -2.36. The van der Waals surface area contributed by atoms with E-state index in [1.165, 1.54) is 37.6 Å². The second kappa shape index (κ2) is 10.6. The van der Waals surface area contributed by atoms with Crippen LogP contribution in [0.25, 0.3) is 0 Å².